The smallest absolute Gasteiger partial charge is 0.185 e. The molecule has 0 aliphatic heterocycles. The standard InChI is InChI=1S/C26H21FN2O3/c1-31-25-13-7-19(16-21(25)17-32-26-5-3-2-4-23(26)27)6-12-24(30)20-8-10-22(11-9-20)29-15-14-28-18-29/h2-16,18H,17H2,1H3/b12-6+. The molecule has 32 heavy (non-hydrogen) atoms. The molecular weight excluding hydrogens is 407 g/mol. The maximum absolute atomic E-state index is 13.8. The Hall–Kier alpha value is -4.19. The third-order valence-electron chi connectivity index (χ3n) is 4.91. The lowest BCUT2D eigenvalue weighted by Crippen LogP contribution is -2.00. The van der Waals surface area contributed by atoms with E-state index in [9.17, 15) is 9.18 Å². The summed E-state index contributed by atoms with van der Waals surface area (Å²) in [6.45, 7) is 0.134. The summed E-state index contributed by atoms with van der Waals surface area (Å²) < 4.78 is 26.7. The van der Waals surface area contributed by atoms with Gasteiger partial charge in [0.2, 0.25) is 0 Å². The maximum Gasteiger partial charge on any atom is 0.185 e. The minimum Gasteiger partial charge on any atom is -0.496 e. The second kappa shape index (κ2) is 9.75. The van der Waals surface area contributed by atoms with Gasteiger partial charge in [0.1, 0.15) is 12.4 Å². The van der Waals surface area contributed by atoms with Gasteiger partial charge in [-0.3, -0.25) is 4.79 Å². The zero-order valence-electron chi connectivity index (χ0n) is 17.4. The van der Waals surface area contributed by atoms with Gasteiger partial charge in [-0.05, 0) is 60.2 Å². The van der Waals surface area contributed by atoms with Crippen molar-refractivity contribution < 1.29 is 18.7 Å². The molecule has 6 heteroatoms. The number of nitrogens with zero attached hydrogens (tertiary/aromatic N) is 2. The summed E-state index contributed by atoms with van der Waals surface area (Å²) in [6.07, 6.45) is 8.50. The molecule has 0 radical (unpaired) electrons. The van der Waals surface area contributed by atoms with Gasteiger partial charge in [0.15, 0.2) is 17.3 Å². The van der Waals surface area contributed by atoms with Crippen LogP contribution in [0, 0.1) is 5.82 Å². The maximum atomic E-state index is 13.8. The Kier molecular flexibility index (Phi) is 6.41. The van der Waals surface area contributed by atoms with Gasteiger partial charge in [0, 0.05) is 29.2 Å². The van der Waals surface area contributed by atoms with Crippen LogP contribution in [-0.2, 0) is 6.61 Å². The van der Waals surface area contributed by atoms with Gasteiger partial charge in [0.25, 0.3) is 0 Å². The minimum atomic E-state index is -0.424. The first-order valence-electron chi connectivity index (χ1n) is 9.99. The van der Waals surface area contributed by atoms with Crippen LogP contribution >= 0.6 is 0 Å². The van der Waals surface area contributed by atoms with Crippen molar-refractivity contribution in [2.75, 3.05) is 7.11 Å². The van der Waals surface area contributed by atoms with Crippen molar-refractivity contribution in [2.45, 2.75) is 6.61 Å². The lowest BCUT2D eigenvalue weighted by molar-refractivity contribution is 0.104. The number of imidazole rings is 1. The van der Waals surface area contributed by atoms with E-state index in [4.69, 9.17) is 9.47 Å². The van der Waals surface area contributed by atoms with Gasteiger partial charge in [0.05, 0.1) is 13.4 Å². The lowest BCUT2D eigenvalue weighted by Gasteiger charge is -2.11. The molecule has 0 N–H and O–H groups in total. The second-order valence-corrected chi connectivity index (χ2v) is 7.00. The van der Waals surface area contributed by atoms with E-state index < -0.39 is 5.82 Å². The number of hydrogen-bond donors (Lipinski definition) is 0. The van der Waals surface area contributed by atoms with E-state index >= 15 is 0 Å². The molecule has 0 amide bonds. The van der Waals surface area contributed by atoms with Crippen LogP contribution in [0.15, 0.2) is 91.5 Å². The minimum absolute atomic E-state index is 0.109. The van der Waals surface area contributed by atoms with Crippen molar-refractivity contribution in [3.05, 3.63) is 114 Å². The summed E-state index contributed by atoms with van der Waals surface area (Å²) in [4.78, 5) is 16.6. The number of carbonyl (C=O) groups is 1. The number of para-hydroxylation sites is 1. The molecule has 3 aromatic carbocycles. The molecule has 4 rings (SSSR count). The molecule has 0 fully saturated rings. The summed E-state index contributed by atoms with van der Waals surface area (Å²) in [6, 6.07) is 19.0. The van der Waals surface area contributed by atoms with Crippen LogP contribution in [0.5, 0.6) is 11.5 Å². The summed E-state index contributed by atoms with van der Waals surface area (Å²) in [5, 5.41) is 0. The van der Waals surface area contributed by atoms with Gasteiger partial charge in [-0.15, -0.1) is 0 Å². The zero-order chi connectivity index (χ0) is 22.3. The number of methoxy groups -OCH3 is 1. The number of ketones is 1. The number of allylic oxidation sites excluding steroid dienone is 1. The van der Waals surface area contributed by atoms with E-state index in [1.54, 1.807) is 62.1 Å². The van der Waals surface area contributed by atoms with Gasteiger partial charge in [-0.1, -0.05) is 24.3 Å². The topological polar surface area (TPSA) is 53.4 Å². The highest BCUT2D eigenvalue weighted by Crippen LogP contribution is 2.24. The van der Waals surface area contributed by atoms with Crippen molar-refractivity contribution >= 4 is 11.9 Å². The van der Waals surface area contributed by atoms with Gasteiger partial charge >= 0.3 is 0 Å². The highest BCUT2D eigenvalue weighted by Gasteiger charge is 2.08. The molecule has 0 atom stereocenters. The Balaban J connectivity index is 1.46. The predicted octanol–water partition coefficient (Wildman–Crippen LogP) is 5.50. The Morgan fingerprint density at radius 2 is 1.88 bits per heavy atom. The molecule has 1 heterocycles. The Morgan fingerprint density at radius 3 is 2.59 bits per heavy atom. The second-order valence-electron chi connectivity index (χ2n) is 7.00. The predicted molar refractivity (Wildman–Crippen MR) is 121 cm³/mol. The molecule has 160 valence electrons. The molecule has 0 aliphatic rings. The number of hydrogen-bond acceptors (Lipinski definition) is 4. The first-order chi connectivity index (χ1) is 15.6. The van der Waals surface area contributed by atoms with Crippen molar-refractivity contribution in [1.29, 1.82) is 0 Å². The van der Waals surface area contributed by atoms with E-state index in [2.05, 4.69) is 4.98 Å². The fraction of sp³-hybridized carbons (Fsp3) is 0.0769. The fourth-order valence-electron chi connectivity index (χ4n) is 3.21. The SMILES string of the molecule is COc1ccc(/C=C/C(=O)c2ccc(-n3ccnc3)cc2)cc1COc1ccccc1F. The summed E-state index contributed by atoms with van der Waals surface area (Å²) >= 11 is 0. The summed E-state index contributed by atoms with van der Waals surface area (Å²) in [5.41, 5.74) is 3.07. The van der Waals surface area contributed by atoms with Crippen LogP contribution in [0.2, 0.25) is 0 Å². The zero-order valence-corrected chi connectivity index (χ0v) is 17.4. The van der Waals surface area contributed by atoms with Crippen LogP contribution in [0.4, 0.5) is 4.39 Å². The highest BCUT2D eigenvalue weighted by atomic mass is 19.1. The van der Waals surface area contributed by atoms with Gasteiger partial charge < -0.3 is 14.0 Å². The monoisotopic (exact) mass is 428 g/mol. The molecule has 4 aromatic rings. The van der Waals surface area contributed by atoms with E-state index in [1.165, 1.54) is 12.1 Å². The van der Waals surface area contributed by atoms with Crippen LogP contribution in [0.25, 0.3) is 11.8 Å². The molecule has 0 saturated heterocycles. The number of aromatic nitrogens is 2. The van der Waals surface area contributed by atoms with Crippen LogP contribution in [0.3, 0.4) is 0 Å². The van der Waals surface area contributed by atoms with Crippen molar-refractivity contribution in [3.8, 4) is 17.2 Å². The number of rotatable bonds is 8. The molecule has 0 spiro atoms. The van der Waals surface area contributed by atoms with Crippen LogP contribution in [0.1, 0.15) is 21.5 Å². The van der Waals surface area contributed by atoms with E-state index in [0.717, 1.165) is 16.8 Å². The third kappa shape index (κ3) is 4.92. The third-order valence-corrected chi connectivity index (χ3v) is 4.91. The quantitative estimate of drug-likeness (QED) is 0.275. The number of benzene rings is 3. The largest absolute Gasteiger partial charge is 0.496 e. The molecule has 0 saturated carbocycles. The number of carbonyl (C=O) groups excluding carboxylic acids is 1. The normalized spacial score (nSPS) is 10.9. The highest BCUT2D eigenvalue weighted by molar-refractivity contribution is 6.06. The molecule has 0 unspecified atom stereocenters. The summed E-state index contributed by atoms with van der Waals surface area (Å²) in [7, 11) is 1.56. The molecule has 1 aromatic heterocycles. The van der Waals surface area contributed by atoms with Crippen molar-refractivity contribution in [1.82, 2.24) is 9.55 Å². The van der Waals surface area contributed by atoms with E-state index in [-0.39, 0.29) is 18.1 Å². The fourth-order valence-corrected chi connectivity index (χ4v) is 3.21. The molecule has 5 nitrogen and oxygen atoms in total. The Morgan fingerprint density at radius 1 is 1.06 bits per heavy atom. The van der Waals surface area contributed by atoms with Crippen molar-refractivity contribution in [3.63, 3.8) is 0 Å². The number of ether oxygens (including phenoxy) is 2. The van der Waals surface area contributed by atoms with Gasteiger partial charge in [-0.25, -0.2) is 9.37 Å². The van der Waals surface area contributed by atoms with E-state index in [0.29, 0.717) is 11.3 Å². The molecule has 0 aliphatic carbocycles. The molecular formula is C26H21FN2O3. The average Bonchev–Trinajstić information content (AvgIpc) is 3.37. The first-order valence-corrected chi connectivity index (χ1v) is 9.99. The van der Waals surface area contributed by atoms with Crippen LogP contribution in [-0.4, -0.2) is 22.4 Å². The summed E-state index contributed by atoms with van der Waals surface area (Å²) in [5.74, 6) is 0.263. The Labute approximate surface area is 185 Å². The van der Waals surface area contributed by atoms with Crippen LogP contribution < -0.4 is 9.47 Å². The first kappa shape index (κ1) is 21.1. The Bertz CT molecular complexity index is 1230. The lowest BCUT2D eigenvalue weighted by atomic mass is 10.1. The average molecular weight is 428 g/mol. The van der Waals surface area contributed by atoms with E-state index in [1.807, 2.05) is 35.0 Å². The van der Waals surface area contributed by atoms with Gasteiger partial charge in [-0.2, -0.15) is 0 Å². The number of halogens is 1. The molecule has 0 bridgehead atoms. The van der Waals surface area contributed by atoms with Crippen molar-refractivity contribution in [2.24, 2.45) is 0 Å².